The number of aliphatic carboxylic acids is 1. The first-order valence-electron chi connectivity index (χ1n) is 7.09. The Hall–Kier alpha value is -1.88. The lowest BCUT2D eigenvalue weighted by atomic mass is 10.1. The lowest BCUT2D eigenvalue weighted by Crippen LogP contribution is -2.44. The van der Waals surface area contributed by atoms with Gasteiger partial charge >= 0.3 is 5.97 Å². The van der Waals surface area contributed by atoms with E-state index in [0.717, 1.165) is 5.56 Å². The summed E-state index contributed by atoms with van der Waals surface area (Å²) in [6.45, 7) is 6.56. The number of carbonyl (C=O) groups excluding carboxylic acids is 1. The third kappa shape index (κ3) is 7.46. The van der Waals surface area contributed by atoms with E-state index in [0.29, 0.717) is 6.54 Å². The molecule has 1 aromatic rings. The van der Waals surface area contributed by atoms with Crippen molar-refractivity contribution in [1.82, 2.24) is 10.6 Å². The highest BCUT2D eigenvalue weighted by atomic mass is 16.4. The molecule has 0 aliphatic heterocycles. The SMILES string of the molecule is CC(C)(C)NCCC(=O)NC(Cc1ccccc1)C(=O)O. The lowest BCUT2D eigenvalue weighted by Gasteiger charge is -2.20. The minimum Gasteiger partial charge on any atom is -0.480 e. The normalized spacial score (nSPS) is 12.7. The quantitative estimate of drug-likeness (QED) is 0.713. The molecule has 1 amide bonds. The van der Waals surface area contributed by atoms with E-state index in [-0.39, 0.29) is 24.3 Å². The zero-order valence-electron chi connectivity index (χ0n) is 12.8. The van der Waals surface area contributed by atoms with Crippen LogP contribution in [0.1, 0.15) is 32.8 Å². The molecule has 3 N–H and O–H groups in total. The summed E-state index contributed by atoms with van der Waals surface area (Å²) >= 11 is 0. The Kier molecular flexibility index (Phi) is 6.37. The smallest absolute Gasteiger partial charge is 0.326 e. The van der Waals surface area contributed by atoms with Gasteiger partial charge in [0.2, 0.25) is 5.91 Å². The first-order valence-corrected chi connectivity index (χ1v) is 7.09. The Bertz CT molecular complexity index is 466. The third-order valence-electron chi connectivity index (χ3n) is 2.92. The molecule has 5 nitrogen and oxygen atoms in total. The van der Waals surface area contributed by atoms with Gasteiger partial charge in [-0.25, -0.2) is 4.79 Å². The van der Waals surface area contributed by atoms with Crippen molar-refractivity contribution in [3.05, 3.63) is 35.9 Å². The average Bonchev–Trinajstić information content (AvgIpc) is 2.37. The molecule has 0 spiro atoms. The van der Waals surface area contributed by atoms with Crippen LogP contribution in [0.4, 0.5) is 0 Å². The Labute approximate surface area is 125 Å². The van der Waals surface area contributed by atoms with Gasteiger partial charge in [0.15, 0.2) is 0 Å². The Morgan fingerprint density at radius 3 is 2.33 bits per heavy atom. The fourth-order valence-corrected chi connectivity index (χ4v) is 1.87. The van der Waals surface area contributed by atoms with Crippen LogP contribution >= 0.6 is 0 Å². The average molecular weight is 292 g/mol. The fraction of sp³-hybridized carbons (Fsp3) is 0.500. The molecule has 0 aliphatic carbocycles. The van der Waals surface area contributed by atoms with Crippen LogP contribution in [-0.4, -0.2) is 35.1 Å². The van der Waals surface area contributed by atoms with Crippen molar-refractivity contribution in [1.29, 1.82) is 0 Å². The minimum atomic E-state index is -1.02. The standard InChI is InChI=1S/C16H24N2O3/c1-16(2,3)17-10-9-14(19)18-13(15(20)21)11-12-7-5-4-6-8-12/h4-8,13,17H,9-11H2,1-3H3,(H,18,19)(H,20,21). The fourth-order valence-electron chi connectivity index (χ4n) is 1.87. The second-order valence-electron chi connectivity index (χ2n) is 6.07. The molecule has 0 aliphatic rings. The Balaban J connectivity index is 2.47. The predicted molar refractivity (Wildman–Crippen MR) is 82.1 cm³/mol. The molecule has 0 saturated carbocycles. The van der Waals surface area contributed by atoms with Crippen molar-refractivity contribution in [3.63, 3.8) is 0 Å². The molecule has 1 unspecified atom stereocenters. The maximum Gasteiger partial charge on any atom is 0.326 e. The predicted octanol–water partition coefficient (Wildman–Crippen LogP) is 1.58. The second kappa shape index (κ2) is 7.78. The van der Waals surface area contributed by atoms with Crippen molar-refractivity contribution in [2.75, 3.05) is 6.54 Å². The van der Waals surface area contributed by atoms with Crippen molar-refractivity contribution in [2.24, 2.45) is 0 Å². The van der Waals surface area contributed by atoms with E-state index < -0.39 is 12.0 Å². The summed E-state index contributed by atoms with van der Waals surface area (Å²) in [5.41, 5.74) is 0.828. The van der Waals surface area contributed by atoms with Crippen molar-refractivity contribution < 1.29 is 14.7 Å². The van der Waals surface area contributed by atoms with Gasteiger partial charge in [0.05, 0.1) is 0 Å². The first kappa shape index (κ1) is 17.2. The van der Waals surface area contributed by atoms with Crippen LogP contribution in [-0.2, 0) is 16.0 Å². The largest absolute Gasteiger partial charge is 0.480 e. The second-order valence-corrected chi connectivity index (χ2v) is 6.07. The number of hydrogen-bond donors (Lipinski definition) is 3. The number of carboxylic acids is 1. The summed E-state index contributed by atoms with van der Waals surface area (Å²) in [5, 5.41) is 15.0. The van der Waals surface area contributed by atoms with Gasteiger partial charge in [0.25, 0.3) is 0 Å². The third-order valence-corrected chi connectivity index (χ3v) is 2.92. The number of benzene rings is 1. The van der Waals surface area contributed by atoms with Crippen LogP contribution in [0.2, 0.25) is 0 Å². The van der Waals surface area contributed by atoms with Crippen LogP contribution in [0.25, 0.3) is 0 Å². The van der Waals surface area contributed by atoms with E-state index in [4.69, 9.17) is 0 Å². The van der Waals surface area contributed by atoms with Gasteiger partial charge in [-0.2, -0.15) is 0 Å². The molecule has 116 valence electrons. The molecular weight excluding hydrogens is 268 g/mol. The molecule has 21 heavy (non-hydrogen) atoms. The van der Waals surface area contributed by atoms with Crippen molar-refractivity contribution >= 4 is 11.9 Å². The van der Waals surface area contributed by atoms with Gasteiger partial charge in [0.1, 0.15) is 6.04 Å². The molecule has 0 fully saturated rings. The maximum atomic E-state index is 11.8. The van der Waals surface area contributed by atoms with Crippen molar-refractivity contribution in [3.8, 4) is 0 Å². The highest BCUT2D eigenvalue weighted by molar-refractivity contribution is 5.83. The van der Waals surface area contributed by atoms with Gasteiger partial charge in [0, 0.05) is 24.9 Å². The zero-order chi connectivity index (χ0) is 15.9. The van der Waals surface area contributed by atoms with E-state index in [2.05, 4.69) is 10.6 Å². The summed E-state index contributed by atoms with van der Waals surface area (Å²) in [6, 6.07) is 8.38. The van der Waals surface area contributed by atoms with E-state index >= 15 is 0 Å². The van der Waals surface area contributed by atoms with Gasteiger partial charge < -0.3 is 15.7 Å². The molecule has 1 aromatic carbocycles. The van der Waals surface area contributed by atoms with Gasteiger partial charge in [-0.15, -0.1) is 0 Å². The minimum absolute atomic E-state index is 0.0590. The van der Waals surface area contributed by atoms with E-state index in [9.17, 15) is 14.7 Å². The zero-order valence-corrected chi connectivity index (χ0v) is 12.8. The highest BCUT2D eigenvalue weighted by Gasteiger charge is 2.20. The summed E-state index contributed by atoms with van der Waals surface area (Å²) in [6.07, 6.45) is 0.546. The van der Waals surface area contributed by atoms with E-state index in [1.165, 1.54) is 0 Å². The molecule has 5 heteroatoms. The summed E-state index contributed by atoms with van der Waals surface area (Å²) in [5.74, 6) is -1.27. The summed E-state index contributed by atoms with van der Waals surface area (Å²) < 4.78 is 0. The van der Waals surface area contributed by atoms with Crippen LogP contribution < -0.4 is 10.6 Å². The maximum absolute atomic E-state index is 11.8. The number of hydrogen-bond acceptors (Lipinski definition) is 3. The Morgan fingerprint density at radius 2 is 1.81 bits per heavy atom. The number of carbonyl (C=O) groups is 2. The van der Waals surface area contributed by atoms with E-state index in [1.54, 1.807) is 0 Å². The van der Waals surface area contributed by atoms with Crippen molar-refractivity contribution in [2.45, 2.75) is 45.2 Å². The number of nitrogens with one attached hydrogen (secondary N) is 2. The lowest BCUT2D eigenvalue weighted by molar-refractivity contribution is -0.141. The molecule has 0 radical (unpaired) electrons. The van der Waals surface area contributed by atoms with Gasteiger partial charge in [-0.1, -0.05) is 30.3 Å². The summed E-state index contributed by atoms with van der Waals surface area (Å²) in [4.78, 5) is 23.1. The topological polar surface area (TPSA) is 78.4 Å². The number of carboxylic acid groups (broad SMARTS) is 1. The van der Waals surface area contributed by atoms with Gasteiger partial charge in [-0.3, -0.25) is 4.79 Å². The van der Waals surface area contributed by atoms with E-state index in [1.807, 2.05) is 51.1 Å². The van der Waals surface area contributed by atoms with Crippen LogP contribution in [0, 0.1) is 0 Å². The number of amides is 1. The molecule has 0 saturated heterocycles. The van der Waals surface area contributed by atoms with Crippen LogP contribution in [0.3, 0.4) is 0 Å². The summed E-state index contributed by atoms with van der Waals surface area (Å²) in [7, 11) is 0. The molecular formula is C16H24N2O3. The molecule has 0 aromatic heterocycles. The van der Waals surface area contributed by atoms with Gasteiger partial charge in [-0.05, 0) is 26.3 Å². The number of rotatable bonds is 7. The Morgan fingerprint density at radius 1 is 1.19 bits per heavy atom. The first-order chi connectivity index (χ1) is 9.78. The van der Waals surface area contributed by atoms with Crippen LogP contribution in [0.5, 0.6) is 0 Å². The molecule has 0 heterocycles. The monoisotopic (exact) mass is 292 g/mol. The molecule has 1 atom stereocenters. The van der Waals surface area contributed by atoms with Crippen LogP contribution in [0.15, 0.2) is 30.3 Å². The molecule has 1 rings (SSSR count). The molecule has 0 bridgehead atoms. The highest BCUT2D eigenvalue weighted by Crippen LogP contribution is 2.04.